The molecule has 2 rings (SSSR count). The van der Waals surface area contributed by atoms with Crippen LogP contribution in [0, 0.1) is 10.1 Å². The summed E-state index contributed by atoms with van der Waals surface area (Å²) in [5, 5.41) is 21.7. The van der Waals surface area contributed by atoms with Gasteiger partial charge in [-0.05, 0) is 37.6 Å². The van der Waals surface area contributed by atoms with Crippen molar-refractivity contribution in [2.45, 2.75) is 26.5 Å². The zero-order chi connectivity index (χ0) is 22.1. The van der Waals surface area contributed by atoms with Crippen LogP contribution >= 0.6 is 0 Å². The highest BCUT2D eigenvalue weighted by atomic mass is 16.6. The second kappa shape index (κ2) is 11.0. The molecule has 30 heavy (non-hydrogen) atoms. The molecular weight excluding hydrogens is 388 g/mol. The number of methoxy groups -OCH3 is 1. The smallest absolute Gasteiger partial charge is 0.330 e. The summed E-state index contributed by atoms with van der Waals surface area (Å²) in [7, 11) is 1.26. The lowest BCUT2D eigenvalue weighted by Gasteiger charge is -2.27. The van der Waals surface area contributed by atoms with Gasteiger partial charge in [0, 0.05) is 30.8 Å². The van der Waals surface area contributed by atoms with Crippen molar-refractivity contribution in [3.05, 3.63) is 69.8 Å². The minimum Gasteiger partial charge on any atom is -0.494 e. The van der Waals surface area contributed by atoms with Gasteiger partial charge in [0.05, 0.1) is 24.7 Å². The zero-order valence-electron chi connectivity index (χ0n) is 17.3. The van der Waals surface area contributed by atoms with Crippen LogP contribution in [0.1, 0.15) is 25.0 Å². The third kappa shape index (κ3) is 6.31. The normalized spacial score (nSPS) is 11.9. The first kappa shape index (κ1) is 22.9. The van der Waals surface area contributed by atoms with Crippen LogP contribution in [-0.4, -0.2) is 42.4 Å². The molecule has 1 N–H and O–H groups in total. The summed E-state index contributed by atoms with van der Waals surface area (Å²) in [5.74, 6) is 0.140. The van der Waals surface area contributed by atoms with Crippen molar-refractivity contribution in [2.24, 2.45) is 0 Å². The Hall–Kier alpha value is -3.39. The van der Waals surface area contributed by atoms with Gasteiger partial charge < -0.3 is 19.5 Å². The third-order valence-corrected chi connectivity index (χ3v) is 4.27. The first-order chi connectivity index (χ1) is 14.3. The van der Waals surface area contributed by atoms with Crippen LogP contribution in [0.4, 0.5) is 11.4 Å². The van der Waals surface area contributed by atoms with Crippen LogP contribution in [0.25, 0.3) is 6.08 Å². The summed E-state index contributed by atoms with van der Waals surface area (Å²) in [5.41, 5.74) is 1.57. The van der Waals surface area contributed by atoms with Gasteiger partial charge in [-0.25, -0.2) is 4.79 Å². The highest BCUT2D eigenvalue weighted by Gasteiger charge is 2.22. The van der Waals surface area contributed by atoms with Crippen molar-refractivity contribution in [1.82, 2.24) is 0 Å². The van der Waals surface area contributed by atoms with Crippen LogP contribution in [0.3, 0.4) is 0 Å². The second-order valence-electron chi connectivity index (χ2n) is 6.63. The topological polar surface area (TPSA) is 102 Å². The van der Waals surface area contributed by atoms with Crippen molar-refractivity contribution in [1.29, 1.82) is 0 Å². The fraction of sp³-hybridized carbons (Fsp3) is 0.318. The molecule has 0 heterocycles. The number of esters is 1. The number of nitrogens with zero attached hydrogens (tertiary/aromatic N) is 2. The van der Waals surface area contributed by atoms with Gasteiger partial charge in [0.25, 0.3) is 5.69 Å². The van der Waals surface area contributed by atoms with Crippen LogP contribution < -0.4 is 9.64 Å². The Morgan fingerprint density at radius 3 is 2.67 bits per heavy atom. The Morgan fingerprint density at radius 1 is 1.30 bits per heavy atom. The molecule has 0 radical (unpaired) electrons. The van der Waals surface area contributed by atoms with Crippen LogP contribution in [0.2, 0.25) is 0 Å². The number of carbonyl (C=O) groups excluding carboxylic acids is 1. The Kier molecular flexibility index (Phi) is 8.37. The molecule has 1 unspecified atom stereocenters. The van der Waals surface area contributed by atoms with Crippen molar-refractivity contribution in [3.63, 3.8) is 0 Å². The van der Waals surface area contributed by atoms with Crippen molar-refractivity contribution >= 4 is 23.4 Å². The number of aliphatic hydroxyl groups is 1. The molecule has 0 saturated carbocycles. The number of para-hydroxylation sites is 1. The van der Waals surface area contributed by atoms with Crippen molar-refractivity contribution in [2.75, 3.05) is 25.2 Å². The summed E-state index contributed by atoms with van der Waals surface area (Å²) >= 11 is 0. The van der Waals surface area contributed by atoms with Gasteiger partial charge in [-0.1, -0.05) is 24.3 Å². The van der Waals surface area contributed by atoms with Crippen molar-refractivity contribution in [3.8, 4) is 5.75 Å². The molecule has 160 valence electrons. The van der Waals surface area contributed by atoms with E-state index in [4.69, 9.17) is 4.74 Å². The van der Waals surface area contributed by atoms with E-state index in [9.17, 15) is 20.0 Å². The van der Waals surface area contributed by atoms with E-state index in [1.165, 1.54) is 25.3 Å². The number of hydrogen-bond donors (Lipinski definition) is 1. The quantitative estimate of drug-likeness (QED) is 0.274. The maximum absolute atomic E-state index is 11.8. The number of rotatable bonds is 10. The molecule has 2 aromatic carbocycles. The fourth-order valence-corrected chi connectivity index (χ4v) is 2.99. The number of nitro groups is 1. The molecule has 0 aliphatic carbocycles. The number of nitro benzene ring substituents is 1. The summed E-state index contributed by atoms with van der Waals surface area (Å²) in [6.45, 7) is 4.52. The number of carbonyl (C=O) groups is 1. The van der Waals surface area contributed by atoms with E-state index >= 15 is 0 Å². The summed E-state index contributed by atoms with van der Waals surface area (Å²) in [6, 6.07) is 12.1. The summed E-state index contributed by atoms with van der Waals surface area (Å²) < 4.78 is 10.2. The molecule has 0 saturated heterocycles. The average Bonchev–Trinajstić information content (AvgIpc) is 2.72. The standard InChI is InChI=1S/C22H26N2O6/c1-4-30-21-8-6-5-7-18(21)15-23(14-16(2)25)19-11-9-17(10-12-22(26)29-3)13-20(19)24(27)28/h5-13,16,25H,4,14-15H2,1-3H3. The van der Waals surface area contributed by atoms with Gasteiger partial charge in [0.15, 0.2) is 0 Å². The summed E-state index contributed by atoms with van der Waals surface area (Å²) in [4.78, 5) is 24.3. The van der Waals surface area contributed by atoms with E-state index in [1.54, 1.807) is 24.0 Å². The van der Waals surface area contributed by atoms with Gasteiger partial charge in [0.1, 0.15) is 11.4 Å². The molecular formula is C22H26N2O6. The molecule has 0 fully saturated rings. The predicted octanol–water partition coefficient (Wildman–Crippen LogP) is 3.57. The SMILES string of the molecule is CCOc1ccccc1CN(CC(C)O)c1ccc(C=CC(=O)OC)cc1[N+](=O)[O-]. The Labute approximate surface area is 175 Å². The lowest BCUT2D eigenvalue weighted by molar-refractivity contribution is -0.384. The van der Waals surface area contributed by atoms with Gasteiger partial charge in [0.2, 0.25) is 0 Å². The zero-order valence-corrected chi connectivity index (χ0v) is 17.3. The van der Waals surface area contributed by atoms with Crippen molar-refractivity contribution < 1.29 is 24.3 Å². The molecule has 1 atom stereocenters. The average molecular weight is 414 g/mol. The number of anilines is 1. The fourth-order valence-electron chi connectivity index (χ4n) is 2.99. The van der Waals surface area contributed by atoms with Gasteiger partial charge in [-0.3, -0.25) is 10.1 Å². The van der Waals surface area contributed by atoms with E-state index in [1.807, 2.05) is 31.2 Å². The molecule has 0 amide bonds. The Balaban J connectivity index is 2.44. The molecule has 8 nitrogen and oxygen atoms in total. The number of hydrogen-bond acceptors (Lipinski definition) is 7. The van der Waals surface area contributed by atoms with Crippen LogP contribution in [-0.2, 0) is 16.1 Å². The monoisotopic (exact) mass is 414 g/mol. The lowest BCUT2D eigenvalue weighted by atomic mass is 10.1. The van der Waals surface area contributed by atoms with E-state index in [2.05, 4.69) is 4.74 Å². The van der Waals surface area contributed by atoms with Crippen LogP contribution in [0.15, 0.2) is 48.5 Å². The highest BCUT2D eigenvalue weighted by molar-refractivity contribution is 5.87. The molecule has 2 aromatic rings. The van der Waals surface area contributed by atoms with E-state index < -0.39 is 17.0 Å². The predicted molar refractivity (Wildman–Crippen MR) is 114 cm³/mol. The third-order valence-electron chi connectivity index (χ3n) is 4.27. The van der Waals surface area contributed by atoms with Gasteiger partial charge >= 0.3 is 5.97 Å². The largest absolute Gasteiger partial charge is 0.494 e. The van der Waals surface area contributed by atoms with Crippen LogP contribution in [0.5, 0.6) is 5.75 Å². The minimum absolute atomic E-state index is 0.128. The highest BCUT2D eigenvalue weighted by Crippen LogP contribution is 2.32. The molecule has 0 aliphatic rings. The lowest BCUT2D eigenvalue weighted by Crippen LogP contribution is -2.31. The molecule has 0 bridgehead atoms. The molecule has 0 aromatic heterocycles. The maximum atomic E-state index is 11.8. The van der Waals surface area contributed by atoms with Gasteiger partial charge in [-0.2, -0.15) is 0 Å². The Morgan fingerprint density at radius 2 is 2.03 bits per heavy atom. The number of benzene rings is 2. The molecule has 0 spiro atoms. The number of aliphatic hydroxyl groups excluding tert-OH is 1. The second-order valence-corrected chi connectivity index (χ2v) is 6.63. The molecule has 0 aliphatic heterocycles. The first-order valence-electron chi connectivity index (χ1n) is 9.53. The van der Waals surface area contributed by atoms with E-state index in [-0.39, 0.29) is 12.2 Å². The van der Waals surface area contributed by atoms with Gasteiger partial charge in [-0.15, -0.1) is 0 Å². The summed E-state index contributed by atoms with van der Waals surface area (Å²) in [6.07, 6.45) is 1.94. The van der Waals surface area contributed by atoms with E-state index in [0.29, 0.717) is 30.2 Å². The number of ether oxygens (including phenoxy) is 2. The minimum atomic E-state index is -0.706. The maximum Gasteiger partial charge on any atom is 0.330 e. The molecule has 8 heteroatoms. The van der Waals surface area contributed by atoms with E-state index in [0.717, 1.165) is 5.56 Å². The Bertz CT molecular complexity index is 910. The first-order valence-corrected chi connectivity index (χ1v) is 9.53.